The lowest BCUT2D eigenvalue weighted by Crippen LogP contribution is -2.30. The molecular weight excluding hydrogens is 230 g/mol. The Bertz CT molecular complexity index is 410. The minimum atomic E-state index is -1.29. The van der Waals surface area contributed by atoms with Gasteiger partial charge in [-0.25, -0.2) is 9.37 Å². The summed E-state index contributed by atoms with van der Waals surface area (Å²) in [6.45, 7) is 1.85. The molecule has 0 aliphatic heterocycles. The van der Waals surface area contributed by atoms with Crippen molar-refractivity contribution < 1.29 is 18.7 Å². The normalized spacial score (nSPS) is 12.3. The monoisotopic (exact) mass is 244 g/mol. The molecule has 0 radical (unpaired) electrons. The largest absolute Gasteiger partial charge is 0.393 e. The Balaban J connectivity index is 2.78. The summed E-state index contributed by atoms with van der Waals surface area (Å²) in [5.74, 6) is -3.18. The highest BCUT2D eigenvalue weighted by atomic mass is 19.2. The summed E-state index contributed by atoms with van der Waals surface area (Å²) in [5.41, 5.74) is -0.356. The van der Waals surface area contributed by atoms with Gasteiger partial charge < -0.3 is 10.0 Å². The van der Waals surface area contributed by atoms with Gasteiger partial charge in [0.15, 0.2) is 5.82 Å². The summed E-state index contributed by atoms with van der Waals surface area (Å²) in [5, 5.41) is 9.07. The molecule has 0 aliphatic rings. The van der Waals surface area contributed by atoms with Crippen molar-refractivity contribution in [2.45, 2.75) is 19.4 Å². The smallest absolute Gasteiger partial charge is 0.256 e. The van der Waals surface area contributed by atoms with Crippen molar-refractivity contribution in [2.24, 2.45) is 0 Å². The summed E-state index contributed by atoms with van der Waals surface area (Å²) >= 11 is 0. The van der Waals surface area contributed by atoms with Gasteiger partial charge in [0.1, 0.15) is 0 Å². The zero-order valence-corrected chi connectivity index (χ0v) is 9.65. The summed E-state index contributed by atoms with van der Waals surface area (Å²) in [6.07, 6.45) is 0.857. The number of hydrogen-bond donors (Lipinski definition) is 1. The highest BCUT2D eigenvalue weighted by Gasteiger charge is 2.19. The van der Waals surface area contributed by atoms with Crippen molar-refractivity contribution in [1.82, 2.24) is 9.88 Å². The number of halogens is 2. The highest BCUT2D eigenvalue weighted by Crippen LogP contribution is 2.11. The number of nitrogens with zero attached hydrogens (tertiary/aromatic N) is 2. The third-order valence-corrected chi connectivity index (χ3v) is 2.31. The van der Waals surface area contributed by atoms with Crippen LogP contribution in [-0.2, 0) is 0 Å². The van der Waals surface area contributed by atoms with Crippen LogP contribution >= 0.6 is 0 Å². The van der Waals surface area contributed by atoms with Crippen LogP contribution < -0.4 is 0 Å². The van der Waals surface area contributed by atoms with Crippen molar-refractivity contribution >= 4 is 5.91 Å². The molecule has 1 amide bonds. The van der Waals surface area contributed by atoms with Crippen LogP contribution in [0, 0.1) is 11.8 Å². The fourth-order valence-corrected chi connectivity index (χ4v) is 1.27. The fourth-order valence-electron chi connectivity index (χ4n) is 1.27. The molecule has 1 unspecified atom stereocenters. The van der Waals surface area contributed by atoms with E-state index in [0.29, 0.717) is 6.42 Å². The molecule has 1 aromatic rings. The first-order valence-corrected chi connectivity index (χ1v) is 5.17. The molecule has 1 aromatic heterocycles. The van der Waals surface area contributed by atoms with Gasteiger partial charge in [-0.15, -0.1) is 0 Å². The van der Waals surface area contributed by atoms with E-state index in [2.05, 4.69) is 4.98 Å². The summed E-state index contributed by atoms with van der Waals surface area (Å²) < 4.78 is 26.1. The maximum Gasteiger partial charge on any atom is 0.256 e. The van der Waals surface area contributed by atoms with E-state index in [9.17, 15) is 13.6 Å². The van der Waals surface area contributed by atoms with Gasteiger partial charge in [0.05, 0.1) is 11.7 Å². The van der Waals surface area contributed by atoms with E-state index < -0.39 is 23.8 Å². The second-order valence-corrected chi connectivity index (χ2v) is 3.83. The zero-order valence-electron chi connectivity index (χ0n) is 9.65. The van der Waals surface area contributed by atoms with Crippen molar-refractivity contribution in [3.8, 4) is 0 Å². The molecular formula is C11H14F2N2O2. The summed E-state index contributed by atoms with van der Waals surface area (Å²) in [4.78, 5) is 16.1. The molecule has 0 saturated carbocycles. The van der Waals surface area contributed by atoms with Crippen LogP contribution in [0.15, 0.2) is 12.3 Å². The van der Waals surface area contributed by atoms with Crippen LogP contribution in [-0.4, -0.2) is 40.6 Å². The first-order chi connectivity index (χ1) is 7.93. The number of aliphatic hydroxyl groups is 1. The molecule has 1 heterocycles. The lowest BCUT2D eigenvalue weighted by Gasteiger charge is -2.18. The number of aromatic nitrogens is 1. The molecule has 1 atom stereocenters. The van der Waals surface area contributed by atoms with Gasteiger partial charge in [-0.3, -0.25) is 4.79 Å². The predicted molar refractivity (Wildman–Crippen MR) is 57.4 cm³/mol. The van der Waals surface area contributed by atoms with Crippen LogP contribution in [0.25, 0.3) is 0 Å². The number of amides is 1. The van der Waals surface area contributed by atoms with Crippen molar-refractivity contribution in [1.29, 1.82) is 0 Å². The van der Waals surface area contributed by atoms with Crippen LogP contribution in [0.2, 0.25) is 0 Å². The Labute approximate surface area is 97.9 Å². The number of pyridine rings is 1. The second-order valence-electron chi connectivity index (χ2n) is 3.83. The molecule has 4 nitrogen and oxygen atoms in total. The van der Waals surface area contributed by atoms with Gasteiger partial charge in [-0.1, -0.05) is 0 Å². The van der Waals surface area contributed by atoms with Crippen molar-refractivity contribution in [3.05, 3.63) is 29.6 Å². The van der Waals surface area contributed by atoms with Gasteiger partial charge in [-0.2, -0.15) is 4.39 Å². The van der Waals surface area contributed by atoms with Crippen LogP contribution in [0.1, 0.15) is 23.7 Å². The number of rotatable bonds is 4. The summed E-state index contributed by atoms with van der Waals surface area (Å²) in [7, 11) is 1.46. The average molecular weight is 244 g/mol. The van der Waals surface area contributed by atoms with Crippen molar-refractivity contribution in [2.75, 3.05) is 13.6 Å². The minimum Gasteiger partial charge on any atom is -0.393 e. The molecule has 1 N–H and O–H groups in total. The number of carbonyl (C=O) groups excluding carboxylic acids is 1. The topological polar surface area (TPSA) is 53.4 Å². The van der Waals surface area contributed by atoms with E-state index in [0.717, 1.165) is 12.3 Å². The second kappa shape index (κ2) is 5.67. The molecule has 17 heavy (non-hydrogen) atoms. The quantitative estimate of drug-likeness (QED) is 0.810. The third-order valence-electron chi connectivity index (χ3n) is 2.31. The first-order valence-electron chi connectivity index (χ1n) is 5.17. The average Bonchev–Trinajstić information content (AvgIpc) is 2.28. The fraction of sp³-hybridized carbons (Fsp3) is 0.455. The zero-order chi connectivity index (χ0) is 13.0. The van der Waals surface area contributed by atoms with Gasteiger partial charge in [0, 0.05) is 19.8 Å². The predicted octanol–water partition coefficient (Wildman–Crippen LogP) is 1.20. The molecule has 94 valence electrons. The molecule has 0 saturated heterocycles. The molecule has 6 heteroatoms. The Hall–Kier alpha value is -1.56. The van der Waals surface area contributed by atoms with Crippen LogP contribution in [0.3, 0.4) is 0 Å². The van der Waals surface area contributed by atoms with E-state index in [4.69, 9.17) is 5.11 Å². The maximum absolute atomic E-state index is 13.3. The lowest BCUT2D eigenvalue weighted by molar-refractivity contribution is 0.0763. The summed E-state index contributed by atoms with van der Waals surface area (Å²) in [6, 6.07) is 1.12. The Morgan fingerprint density at radius 3 is 2.82 bits per heavy atom. The standard InChI is InChI=1S/C11H14F2N2O2/c1-7(16)4-6-15(2)11(17)8-3-5-14-10(13)9(8)12/h3,5,7,16H,4,6H2,1-2H3. The third kappa shape index (κ3) is 3.45. The first kappa shape index (κ1) is 13.5. The molecule has 0 aromatic carbocycles. The highest BCUT2D eigenvalue weighted by molar-refractivity contribution is 5.94. The molecule has 0 fully saturated rings. The number of carbonyl (C=O) groups is 1. The van der Waals surface area contributed by atoms with Gasteiger partial charge in [0.2, 0.25) is 5.95 Å². The Morgan fingerprint density at radius 2 is 2.24 bits per heavy atom. The number of aliphatic hydroxyl groups excluding tert-OH is 1. The van der Waals surface area contributed by atoms with Gasteiger partial charge in [0.25, 0.3) is 5.91 Å². The van der Waals surface area contributed by atoms with Gasteiger partial charge >= 0.3 is 0 Å². The van der Waals surface area contributed by atoms with Crippen LogP contribution in [0.4, 0.5) is 8.78 Å². The van der Waals surface area contributed by atoms with E-state index in [-0.39, 0.29) is 12.1 Å². The van der Waals surface area contributed by atoms with Crippen molar-refractivity contribution in [3.63, 3.8) is 0 Å². The molecule has 1 rings (SSSR count). The number of hydrogen-bond acceptors (Lipinski definition) is 3. The lowest BCUT2D eigenvalue weighted by atomic mass is 10.2. The molecule has 0 spiro atoms. The van der Waals surface area contributed by atoms with E-state index >= 15 is 0 Å². The SMILES string of the molecule is CC(O)CCN(C)C(=O)c1ccnc(F)c1F. The van der Waals surface area contributed by atoms with E-state index in [1.165, 1.54) is 11.9 Å². The minimum absolute atomic E-state index is 0.264. The van der Waals surface area contributed by atoms with Gasteiger partial charge in [-0.05, 0) is 19.4 Å². The molecule has 0 aliphatic carbocycles. The Morgan fingerprint density at radius 1 is 1.59 bits per heavy atom. The van der Waals surface area contributed by atoms with E-state index in [1.807, 2.05) is 0 Å². The molecule has 0 bridgehead atoms. The van der Waals surface area contributed by atoms with E-state index in [1.54, 1.807) is 6.92 Å². The Kier molecular flexibility index (Phi) is 4.51. The van der Waals surface area contributed by atoms with Crippen LogP contribution in [0.5, 0.6) is 0 Å². The maximum atomic E-state index is 13.3.